The van der Waals surface area contributed by atoms with E-state index in [9.17, 15) is 19.7 Å². The van der Waals surface area contributed by atoms with Crippen molar-refractivity contribution in [3.63, 3.8) is 0 Å². The molecule has 1 aliphatic heterocycles. The fraction of sp³-hybridized carbons (Fsp3) is 0.474. The quantitative estimate of drug-likeness (QED) is 0.719. The highest BCUT2D eigenvalue weighted by Crippen LogP contribution is 2.49. The van der Waals surface area contributed by atoms with E-state index >= 15 is 0 Å². The number of pyridine rings is 2. The van der Waals surface area contributed by atoms with E-state index in [-0.39, 0.29) is 23.1 Å². The van der Waals surface area contributed by atoms with Crippen molar-refractivity contribution in [2.45, 2.75) is 24.5 Å². The van der Waals surface area contributed by atoms with Crippen molar-refractivity contribution in [1.82, 2.24) is 14.9 Å². The zero-order chi connectivity index (χ0) is 18.3. The number of aromatic nitrogens is 2. The van der Waals surface area contributed by atoms with Gasteiger partial charge in [0.05, 0.1) is 17.5 Å². The predicted molar refractivity (Wildman–Crippen MR) is 91.6 cm³/mol. The van der Waals surface area contributed by atoms with Gasteiger partial charge in [0, 0.05) is 31.4 Å². The summed E-state index contributed by atoms with van der Waals surface area (Å²) < 4.78 is 14.0. The zero-order valence-electron chi connectivity index (χ0n) is 14.3. The minimum atomic E-state index is -1.16. The topological polar surface area (TPSA) is 89.7 Å². The number of likely N-dealkylation sites (tertiary alicyclic amines) is 1. The van der Waals surface area contributed by atoms with Gasteiger partial charge in [-0.05, 0) is 42.9 Å². The largest absolute Gasteiger partial charge is 0.506 e. The van der Waals surface area contributed by atoms with Crippen molar-refractivity contribution >= 4 is 0 Å². The van der Waals surface area contributed by atoms with E-state index in [2.05, 4.69) is 14.9 Å². The van der Waals surface area contributed by atoms with Crippen molar-refractivity contribution in [2.75, 3.05) is 19.6 Å². The third-order valence-corrected chi connectivity index (χ3v) is 5.66. The Morgan fingerprint density at radius 1 is 1.19 bits per heavy atom. The first-order valence-corrected chi connectivity index (χ1v) is 8.83. The number of aliphatic hydroxyl groups is 2. The molecule has 26 heavy (non-hydrogen) atoms. The van der Waals surface area contributed by atoms with Crippen LogP contribution in [0.25, 0.3) is 0 Å². The number of fused-ring (bicyclic) bond motifs is 1. The molecule has 1 aliphatic carbocycles. The minimum absolute atomic E-state index is 0.0681. The Bertz CT molecular complexity index is 772. The van der Waals surface area contributed by atoms with Crippen LogP contribution in [-0.4, -0.2) is 49.8 Å². The SMILES string of the molecule is Oc1ccc(C(O)CN2C[C@@H]3CC(O)(c4cccnc4F)C[C@@H]3C2)nc1. The molecule has 2 aromatic rings. The van der Waals surface area contributed by atoms with Crippen LogP contribution in [0.3, 0.4) is 0 Å². The fourth-order valence-corrected chi connectivity index (χ4v) is 4.48. The zero-order valence-corrected chi connectivity index (χ0v) is 14.3. The number of rotatable bonds is 4. The monoisotopic (exact) mass is 359 g/mol. The Kier molecular flexibility index (Phi) is 4.38. The number of halogens is 1. The van der Waals surface area contributed by atoms with Crippen molar-refractivity contribution < 1.29 is 19.7 Å². The summed E-state index contributed by atoms with van der Waals surface area (Å²) in [5.41, 5.74) is -0.347. The Labute approximate surface area is 151 Å². The molecular weight excluding hydrogens is 337 g/mol. The molecular formula is C19H22FN3O3. The van der Waals surface area contributed by atoms with Crippen LogP contribution in [0.1, 0.15) is 30.2 Å². The van der Waals surface area contributed by atoms with Crippen LogP contribution in [0.2, 0.25) is 0 Å². The normalized spacial score (nSPS) is 29.7. The minimum Gasteiger partial charge on any atom is -0.506 e. The summed E-state index contributed by atoms with van der Waals surface area (Å²) in [6.07, 6.45) is 2.98. The second-order valence-electron chi connectivity index (χ2n) is 7.48. The van der Waals surface area contributed by atoms with E-state index in [0.29, 0.717) is 25.1 Å². The highest BCUT2D eigenvalue weighted by Gasteiger charge is 2.50. The molecule has 0 bridgehead atoms. The Morgan fingerprint density at radius 3 is 2.54 bits per heavy atom. The maximum absolute atomic E-state index is 14.0. The first kappa shape index (κ1) is 17.3. The molecule has 0 aromatic carbocycles. The maximum atomic E-state index is 14.0. The van der Waals surface area contributed by atoms with Gasteiger partial charge in [0.1, 0.15) is 11.9 Å². The Morgan fingerprint density at radius 2 is 1.92 bits per heavy atom. The lowest BCUT2D eigenvalue weighted by Crippen LogP contribution is -2.31. The van der Waals surface area contributed by atoms with Crippen LogP contribution < -0.4 is 0 Å². The summed E-state index contributed by atoms with van der Waals surface area (Å²) in [6.45, 7) is 1.96. The van der Waals surface area contributed by atoms with Crippen LogP contribution in [0, 0.1) is 17.8 Å². The van der Waals surface area contributed by atoms with Gasteiger partial charge in [0.15, 0.2) is 0 Å². The van der Waals surface area contributed by atoms with Gasteiger partial charge >= 0.3 is 0 Å². The van der Waals surface area contributed by atoms with Gasteiger partial charge in [-0.3, -0.25) is 9.88 Å². The molecule has 138 valence electrons. The molecule has 1 saturated carbocycles. The van der Waals surface area contributed by atoms with E-state index in [1.807, 2.05) is 0 Å². The van der Waals surface area contributed by atoms with E-state index in [1.54, 1.807) is 18.2 Å². The summed E-state index contributed by atoms with van der Waals surface area (Å²) >= 11 is 0. The summed E-state index contributed by atoms with van der Waals surface area (Å²) in [5.74, 6) is -0.00148. The lowest BCUT2D eigenvalue weighted by atomic mass is 9.91. The predicted octanol–water partition coefficient (Wildman–Crippen LogP) is 1.58. The number of hydrogen-bond donors (Lipinski definition) is 3. The molecule has 1 saturated heterocycles. The van der Waals surface area contributed by atoms with Gasteiger partial charge in [0.2, 0.25) is 5.95 Å². The Balaban J connectivity index is 1.39. The molecule has 2 aromatic heterocycles. The van der Waals surface area contributed by atoms with Crippen molar-refractivity contribution in [3.05, 3.63) is 53.9 Å². The highest BCUT2D eigenvalue weighted by atomic mass is 19.1. The fourth-order valence-electron chi connectivity index (χ4n) is 4.48. The molecule has 0 spiro atoms. The first-order chi connectivity index (χ1) is 12.4. The number of aliphatic hydroxyl groups excluding tert-OH is 1. The van der Waals surface area contributed by atoms with Gasteiger partial charge in [-0.15, -0.1) is 0 Å². The van der Waals surface area contributed by atoms with Crippen LogP contribution in [0.5, 0.6) is 5.75 Å². The molecule has 4 rings (SSSR count). The van der Waals surface area contributed by atoms with Crippen molar-refractivity contribution in [3.8, 4) is 5.75 Å². The van der Waals surface area contributed by atoms with Crippen molar-refractivity contribution in [2.24, 2.45) is 11.8 Å². The van der Waals surface area contributed by atoms with Crippen LogP contribution >= 0.6 is 0 Å². The van der Waals surface area contributed by atoms with Crippen molar-refractivity contribution in [1.29, 1.82) is 0 Å². The number of nitrogens with zero attached hydrogens (tertiary/aromatic N) is 3. The number of β-amino-alcohol motifs (C(OH)–C–C–N with tert-alkyl or cyclic N) is 1. The third kappa shape index (κ3) is 3.18. The molecule has 6 nitrogen and oxygen atoms in total. The average molecular weight is 359 g/mol. The first-order valence-electron chi connectivity index (χ1n) is 8.83. The van der Waals surface area contributed by atoms with Crippen LogP contribution in [0.4, 0.5) is 4.39 Å². The molecule has 3 N–H and O–H groups in total. The lowest BCUT2D eigenvalue weighted by Gasteiger charge is -2.27. The molecule has 2 unspecified atom stereocenters. The summed E-state index contributed by atoms with van der Waals surface area (Å²) in [4.78, 5) is 9.87. The standard InChI is InChI=1S/C19H22FN3O3/c20-18-15(2-1-5-21-18)19(26)6-12-9-23(10-13(12)7-19)11-17(25)16-4-3-14(24)8-22-16/h1-5,8,12-13,17,24-26H,6-7,9-11H2/t12-,13+,17?,19?. The van der Waals surface area contributed by atoms with E-state index in [0.717, 1.165) is 13.1 Å². The summed E-state index contributed by atoms with van der Waals surface area (Å²) in [7, 11) is 0. The summed E-state index contributed by atoms with van der Waals surface area (Å²) in [5, 5.41) is 30.6. The number of hydrogen-bond acceptors (Lipinski definition) is 6. The molecule has 0 radical (unpaired) electrons. The average Bonchev–Trinajstić information content (AvgIpc) is 3.10. The van der Waals surface area contributed by atoms with Gasteiger partial charge < -0.3 is 15.3 Å². The van der Waals surface area contributed by atoms with E-state index in [1.165, 1.54) is 18.5 Å². The van der Waals surface area contributed by atoms with E-state index in [4.69, 9.17) is 0 Å². The summed E-state index contributed by atoms with van der Waals surface area (Å²) in [6, 6.07) is 6.38. The lowest BCUT2D eigenvalue weighted by molar-refractivity contribution is 0.0247. The highest BCUT2D eigenvalue weighted by molar-refractivity contribution is 5.23. The van der Waals surface area contributed by atoms with Crippen LogP contribution in [-0.2, 0) is 5.60 Å². The molecule has 4 atom stereocenters. The van der Waals surface area contributed by atoms with Gasteiger partial charge in [0.25, 0.3) is 0 Å². The third-order valence-electron chi connectivity index (χ3n) is 5.66. The molecule has 2 fully saturated rings. The van der Waals surface area contributed by atoms with Crippen LogP contribution in [0.15, 0.2) is 36.7 Å². The second kappa shape index (κ2) is 6.57. The second-order valence-corrected chi connectivity index (χ2v) is 7.48. The molecule has 3 heterocycles. The molecule has 7 heteroatoms. The van der Waals surface area contributed by atoms with Gasteiger partial charge in [-0.1, -0.05) is 6.07 Å². The van der Waals surface area contributed by atoms with Gasteiger partial charge in [-0.25, -0.2) is 4.98 Å². The Hall–Kier alpha value is -2.09. The van der Waals surface area contributed by atoms with Gasteiger partial charge in [-0.2, -0.15) is 4.39 Å². The smallest absolute Gasteiger partial charge is 0.218 e. The number of aromatic hydroxyl groups is 1. The molecule has 0 amide bonds. The molecule has 2 aliphatic rings. The van der Waals surface area contributed by atoms with E-state index < -0.39 is 17.7 Å². The maximum Gasteiger partial charge on any atom is 0.218 e.